The predicted molar refractivity (Wildman–Crippen MR) is 104 cm³/mol. The van der Waals surface area contributed by atoms with Crippen LogP contribution in [-0.4, -0.2) is 61.6 Å². The van der Waals surface area contributed by atoms with Gasteiger partial charge in [0.1, 0.15) is 0 Å². The molecule has 1 unspecified atom stereocenters. The van der Waals surface area contributed by atoms with Crippen molar-refractivity contribution in [3.05, 3.63) is 29.8 Å². The van der Waals surface area contributed by atoms with Crippen LogP contribution in [-0.2, 0) is 20.7 Å². The van der Waals surface area contributed by atoms with E-state index in [1.165, 1.54) is 0 Å². The van der Waals surface area contributed by atoms with Gasteiger partial charge in [0.25, 0.3) is 0 Å². The molecule has 0 aliphatic carbocycles. The summed E-state index contributed by atoms with van der Waals surface area (Å²) < 4.78 is 5.16. The van der Waals surface area contributed by atoms with Crippen LogP contribution < -0.4 is 10.2 Å². The molecular weight excluding hydrogens is 379 g/mol. The maximum absolute atomic E-state index is 11.8. The lowest BCUT2D eigenvalue weighted by atomic mass is 10.1. The second-order valence-corrected chi connectivity index (χ2v) is 6.61. The van der Waals surface area contributed by atoms with Crippen LogP contribution in [0.25, 0.3) is 0 Å². The zero-order valence-corrected chi connectivity index (χ0v) is 16.4. The molecule has 0 fully saturated rings. The van der Waals surface area contributed by atoms with Crippen LogP contribution in [0.4, 0.5) is 5.69 Å². The molecule has 6 nitrogen and oxygen atoms in total. The fourth-order valence-electron chi connectivity index (χ4n) is 2.57. The van der Waals surface area contributed by atoms with Gasteiger partial charge in [0.05, 0.1) is 19.1 Å². The Morgan fingerprint density at radius 1 is 1.15 bits per heavy atom. The van der Waals surface area contributed by atoms with E-state index < -0.39 is 5.97 Å². The maximum atomic E-state index is 11.8. The van der Waals surface area contributed by atoms with Gasteiger partial charge in [0.15, 0.2) is 0 Å². The van der Waals surface area contributed by atoms with Gasteiger partial charge in [-0.25, -0.2) is 0 Å². The van der Waals surface area contributed by atoms with E-state index in [1.54, 1.807) is 7.11 Å². The number of alkyl halides is 2. The predicted octanol–water partition coefficient (Wildman–Crippen LogP) is 2.51. The molecule has 0 spiro atoms. The molecule has 0 saturated carbocycles. The summed E-state index contributed by atoms with van der Waals surface area (Å²) in [4.78, 5) is 24.5. The molecule has 2 N–H and O–H groups in total. The van der Waals surface area contributed by atoms with Crippen molar-refractivity contribution in [1.82, 2.24) is 5.32 Å². The Balaban J connectivity index is 2.67. The number of carboxylic acids is 1. The van der Waals surface area contributed by atoms with Crippen LogP contribution in [0.3, 0.4) is 0 Å². The van der Waals surface area contributed by atoms with Crippen LogP contribution in [0.15, 0.2) is 24.3 Å². The number of amides is 1. The number of rotatable bonds is 13. The van der Waals surface area contributed by atoms with Crippen molar-refractivity contribution in [3.8, 4) is 0 Å². The molecule has 0 aliphatic heterocycles. The normalized spacial score (nSPS) is 11.8. The molecule has 0 saturated heterocycles. The van der Waals surface area contributed by atoms with Gasteiger partial charge >= 0.3 is 5.97 Å². The molecule has 0 bridgehead atoms. The first-order chi connectivity index (χ1) is 12.5. The Hall–Kier alpha value is -1.50. The van der Waals surface area contributed by atoms with Crippen molar-refractivity contribution >= 4 is 40.8 Å². The molecule has 1 amide bonds. The summed E-state index contributed by atoms with van der Waals surface area (Å²) in [5, 5.41) is 11.5. The topological polar surface area (TPSA) is 78.9 Å². The number of carboxylic acid groups (broad SMARTS) is 1. The van der Waals surface area contributed by atoms with Gasteiger partial charge in [-0.1, -0.05) is 12.1 Å². The van der Waals surface area contributed by atoms with Gasteiger partial charge in [-0.2, -0.15) is 0 Å². The summed E-state index contributed by atoms with van der Waals surface area (Å²) in [6.45, 7) is 1.80. The second-order valence-electron chi connectivity index (χ2n) is 5.85. The molecular formula is C18H26Cl2N2O4. The van der Waals surface area contributed by atoms with Gasteiger partial charge in [-0.05, 0) is 24.1 Å². The molecule has 0 radical (unpaired) electrons. The SMILES string of the molecule is COCC(Cc1ccc(N(CCCl)CCCl)cc1)NC(=O)CCC(=O)O. The quantitative estimate of drug-likeness (QED) is 0.493. The summed E-state index contributed by atoms with van der Waals surface area (Å²) in [5.74, 6) is -0.229. The zero-order chi connectivity index (χ0) is 19.4. The minimum atomic E-state index is -0.988. The number of carbonyl (C=O) groups is 2. The molecule has 0 heterocycles. The number of ether oxygens (including phenoxy) is 1. The van der Waals surface area contributed by atoms with Crippen LogP contribution in [0.2, 0.25) is 0 Å². The van der Waals surface area contributed by atoms with E-state index in [1.807, 2.05) is 24.3 Å². The van der Waals surface area contributed by atoms with Crippen molar-refractivity contribution in [3.63, 3.8) is 0 Å². The fraction of sp³-hybridized carbons (Fsp3) is 0.556. The first-order valence-corrected chi connectivity index (χ1v) is 9.53. The number of hydrogen-bond acceptors (Lipinski definition) is 4. The van der Waals surface area contributed by atoms with E-state index in [4.69, 9.17) is 33.0 Å². The Labute approximate surface area is 164 Å². The number of aliphatic carboxylic acids is 1. The van der Waals surface area contributed by atoms with E-state index in [-0.39, 0.29) is 24.8 Å². The summed E-state index contributed by atoms with van der Waals surface area (Å²) in [5.41, 5.74) is 2.09. The highest BCUT2D eigenvalue weighted by molar-refractivity contribution is 6.18. The van der Waals surface area contributed by atoms with E-state index in [9.17, 15) is 9.59 Å². The van der Waals surface area contributed by atoms with Crippen molar-refractivity contribution < 1.29 is 19.4 Å². The van der Waals surface area contributed by atoms with E-state index >= 15 is 0 Å². The van der Waals surface area contributed by atoms with Crippen molar-refractivity contribution in [2.45, 2.75) is 25.3 Å². The summed E-state index contributed by atoms with van der Waals surface area (Å²) in [7, 11) is 1.57. The van der Waals surface area contributed by atoms with Crippen molar-refractivity contribution in [1.29, 1.82) is 0 Å². The number of carbonyl (C=O) groups excluding carboxylic acids is 1. The average Bonchev–Trinajstić information content (AvgIpc) is 2.61. The summed E-state index contributed by atoms with van der Waals surface area (Å²) in [6, 6.07) is 7.79. The lowest BCUT2D eigenvalue weighted by Crippen LogP contribution is -2.39. The highest BCUT2D eigenvalue weighted by Crippen LogP contribution is 2.16. The number of nitrogens with one attached hydrogen (secondary N) is 1. The smallest absolute Gasteiger partial charge is 0.303 e. The first kappa shape index (κ1) is 22.5. The monoisotopic (exact) mass is 404 g/mol. The highest BCUT2D eigenvalue weighted by Gasteiger charge is 2.14. The minimum absolute atomic E-state index is 0.0414. The highest BCUT2D eigenvalue weighted by atomic mass is 35.5. The van der Waals surface area contributed by atoms with Crippen LogP contribution >= 0.6 is 23.2 Å². The molecule has 1 atom stereocenters. The molecule has 1 rings (SSSR count). The van der Waals surface area contributed by atoms with Crippen molar-refractivity contribution in [2.24, 2.45) is 0 Å². The molecule has 1 aromatic carbocycles. The molecule has 0 aliphatic rings. The first-order valence-electron chi connectivity index (χ1n) is 8.46. The minimum Gasteiger partial charge on any atom is -0.481 e. The molecule has 146 valence electrons. The lowest BCUT2D eigenvalue weighted by Gasteiger charge is -2.23. The number of halogens is 2. The van der Waals surface area contributed by atoms with Crippen LogP contribution in [0.1, 0.15) is 18.4 Å². The van der Waals surface area contributed by atoms with E-state index in [0.717, 1.165) is 24.3 Å². The summed E-state index contributed by atoms with van der Waals surface area (Å²) >= 11 is 11.7. The van der Waals surface area contributed by atoms with Crippen LogP contribution in [0, 0.1) is 0 Å². The third kappa shape index (κ3) is 8.74. The van der Waals surface area contributed by atoms with Gasteiger partial charge < -0.3 is 20.1 Å². The number of hydrogen-bond donors (Lipinski definition) is 2. The van der Waals surface area contributed by atoms with Gasteiger partial charge in [0, 0.05) is 44.1 Å². The molecule has 1 aromatic rings. The third-order valence-corrected chi connectivity index (χ3v) is 4.13. The second kappa shape index (κ2) is 12.8. The molecule has 0 aromatic heterocycles. The zero-order valence-electron chi connectivity index (χ0n) is 14.9. The number of methoxy groups -OCH3 is 1. The van der Waals surface area contributed by atoms with Gasteiger partial charge in [-0.3, -0.25) is 9.59 Å². The number of benzene rings is 1. The van der Waals surface area contributed by atoms with Gasteiger partial charge in [-0.15, -0.1) is 23.2 Å². The Kier molecular flexibility index (Phi) is 11.1. The third-order valence-electron chi connectivity index (χ3n) is 3.79. The van der Waals surface area contributed by atoms with Gasteiger partial charge in [0.2, 0.25) is 5.91 Å². The Bertz CT molecular complexity index is 549. The number of nitrogens with zero attached hydrogens (tertiary/aromatic N) is 1. The van der Waals surface area contributed by atoms with E-state index in [0.29, 0.717) is 24.8 Å². The maximum Gasteiger partial charge on any atom is 0.303 e. The van der Waals surface area contributed by atoms with Crippen molar-refractivity contribution in [2.75, 3.05) is 43.5 Å². The standard InChI is InChI=1S/C18H26Cl2N2O4/c1-26-13-15(21-17(23)6-7-18(24)25)12-14-2-4-16(5-3-14)22(10-8-19)11-9-20/h2-5,15H,6-13H2,1H3,(H,21,23)(H,24,25). The molecule has 8 heteroatoms. The fourth-order valence-corrected chi connectivity index (χ4v) is 2.98. The average molecular weight is 405 g/mol. The largest absolute Gasteiger partial charge is 0.481 e. The number of anilines is 1. The van der Waals surface area contributed by atoms with Crippen LogP contribution in [0.5, 0.6) is 0 Å². The lowest BCUT2D eigenvalue weighted by molar-refractivity contribution is -0.139. The Morgan fingerprint density at radius 3 is 2.27 bits per heavy atom. The van der Waals surface area contributed by atoms with E-state index in [2.05, 4.69) is 10.2 Å². The summed E-state index contributed by atoms with van der Waals surface area (Å²) in [6.07, 6.45) is 0.370. The molecule has 26 heavy (non-hydrogen) atoms. The Morgan fingerprint density at radius 2 is 1.77 bits per heavy atom.